The number of ether oxygens (including phenoxy) is 3. The van der Waals surface area contributed by atoms with Crippen molar-refractivity contribution in [3.8, 4) is 0 Å². The molecule has 0 aliphatic carbocycles. The fourth-order valence-corrected chi connectivity index (χ4v) is 4.64. The Labute approximate surface area is 221 Å². The van der Waals surface area contributed by atoms with Crippen molar-refractivity contribution >= 4 is 32.4 Å². The number of nitrogens with one attached hydrogen (secondary N) is 1. The summed E-state index contributed by atoms with van der Waals surface area (Å²) < 4.78 is 38.6. The minimum Gasteiger partial charge on any atom is -0.465 e. The third-order valence-corrected chi connectivity index (χ3v) is 6.89. The van der Waals surface area contributed by atoms with E-state index >= 15 is 0 Å². The first-order valence-electron chi connectivity index (χ1n) is 11.6. The molecule has 0 bridgehead atoms. The highest BCUT2D eigenvalue weighted by Crippen LogP contribution is 2.26. The number of nitrogen functional groups attached to an aromatic ring is 1. The van der Waals surface area contributed by atoms with Crippen LogP contribution in [0.25, 0.3) is 10.9 Å². The van der Waals surface area contributed by atoms with Crippen LogP contribution in [0.5, 0.6) is 0 Å². The smallest absolute Gasteiger partial charge is 0.339 e. The van der Waals surface area contributed by atoms with E-state index in [4.69, 9.17) is 15.2 Å². The zero-order chi connectivity index (χ0) is 28.9. The van der Waals surface area contributed by atoms with E-state index in [1.54, 1.807) is 38.5 Å². The number of H-pyrrole nitrogens is 1. The monoisotopic (exact) mass is 549 g/mol. The number of sulfone groups is 1. The van der Waals surface area contributed by atoms with Crippen molar-refractivity contribution in [3.63, 3.8) is 0 Å². The second kappa shape index (κ2) is 12.4. The number of carbonyl (C=O) groups excluding carboxylic acids is 1. The second-order valence-electron chi connectivity index (χ2n) is 9.02. The van der Waals surface area contributed by atoms with Gasteiger partial charge in [-0.25, -0.2) is 22.6 Å². The molecule has 2 unspecified atom stereocenters. The van der Waals surface area contributed by atoms with Crippen LogP contribution in [-0.4, -0.2) is 51.5 Å². The molecule has 3 N–H and O–H groups in total. The molecule has 208 valence electrons. The molecule has 0 aliphatic heterocycles. The number of carbonyl (C=O) groups is 1. The van der Waals surface area contributed by atoms with Gasteiger partial charge in [0.25, 0.3) is 5.56 Å². The summed E-state index contributed by atoms with van der Waals surface area (Å²) in [6.45, 7) is 7.54. The fraction of sp³-hybridized carbons (Fsp3) is 0.423. The van der Waals surface area contributed by atoms with E-state index in [9.17, 15) is 22.8 Å². The number of esters is 1. The van der Waals surface area contributed by atoms with Gasteiger partial charge in [-0.05, 0) is 74.2 Å². The van der Waals surface area contributed by atoms with Gasteiger partial charge < -0.3 is 24.9 Å². The standard InChI is InChI=1S/C14H18N2O5S.C12H17NO3/c1-8-5-12-11(6-10(8)9(2)21-3)13(17)16(14(18)15-12)7-22(4,19)20;1-7-5-11(13)10(12(14)16-4)6-9(7)8(2)15-3/h5-6,9H,7H2,1-4H3,(H,15,18);5-6,8H,13H2,1-4H3. The SMILES string of the molecule is COC(=O)c1cc(C(C)OC)c(C)cc1N.COC(C)c1cc2c(=O)n(CS(C)(=O)=O)c(=O)[nH]c2cc1C. The van der Waals surface area contributed by atoms with Crippen molar-refractivity contribution in [1.29, 1.82) is 0 Å². The molecule has 0 radical (unpaired) electrons. The Kier molecular flexibility index (Phi) is 10.0. The van der Waals surface area contributed by atoms with Gasteiger partial charge in [-0.15, -0.1) is 0 Å². The van der Waals surface area contributed by atoms with Crippen molar-refractivity contribution in [2.24, 2.45) is 0 Å². The van der Waals surface area contributed by atoms with E-state index in [0.717, 1.165) is 28.5 Å². The number of hydrogen-bond donors (Lipinski definition) is 2. The number of methoxy groups -OCH3 is 3. The zero-order valence-corrected chi connectivity index (χ0v) is 23.7. The maximum absolute atomic E-state index is 12.4. The highest BCUT2D eigenvalue weighted by atomic mass is 32.2. The van der Waals surface area contributed by atoms with Gasteiger partial charge in [-0.3, -0.25) is 4.79 Å². The first kappa shape index (κ1) is 30.7. The minimum atomic E-state index is -3.51. The number of nitrogens with two attached hydrogens (primary N) is 1. The van der Waals surface area contributed by atoms with Crippen LogP contribution in [0.2, 0.25) is 0 Å². The molecule has 3 aromatic rings. The molecule has 12 heteroatoms. The molecule has 11 nitrogen and oxygen atoms in total. The molecule has 0 amide bonds. The minimum absolute atomic E-state index is 0.0796. The van der Waals surface area contributed by atoms with Gasteiger partial charge in [0.1, 0.15) is 5.88 Å². The third kappa shape index (κ3) is 7.09. The van der Waals surface area contributed by atoms with Gasteiger partial charge in [0.15, 0.2) is 9.84 Å². The summed E-state index contributed by atoms with van der Waals surface area (Å²) in [5.74, 6) is -1.08. The Bertz CT molecular complexity index is 1560. The molecule has 0 aliphatic rings. The average molecular weight is 550 g/mol. The zero-order valence-electron chi connectivity index (χ0n) is 22.9. The highest BCUT2D eigenvalue weighted by Gasteiger charge is 2.17. The molecule has 0 spiro atoms. The molecule has 3 rings (SSSR count). The van der Waals surface area contributed by atoms with Crippen LogP contribution < -0.4 is 17.0 Å². The summed E-state index contributed by atoms with van der Waals surface area (Å²) in [4.78, 5) is 38.4. The van der Waals surface area contributed by atoms with Crippen LogP contribution in [0, 0.1) is 13.8 Å². The van der Waals surface area contributed by atoms with Gasteiger partial charge in [-0.1, -0.05) is 0 Å². The number of rotatable bonds is 7. The lowest BCUT2D eigenvalue weighted by Gasteiger charge is -2.15. The first-order chi connectivity index (χ1) is 17.6. The van der Waals surface area contributed by atoms with E-state index < -0.39 is 32.9 Å². The molecule has 0 saturated heterocycles. The van der Waals surface area contributed by atoms with Gasteiger partial charge >= 0.3 is 11.7 Å². The van der Waals surface area contributed by atoms with Crippen molar-refractivity contribution < 1.29 is 27.4 Å². The number of aromatic nitrogens is 2. The van der Waals surface area contributed by atoms with E-state index in [1.165, 1.54) is 7.11 Å². The number of benzene rings is 2. The quantitative estimate of drug-likeness (QED) is 0.334. The van der Waals surface area contributed by atoms with E-state index in [-0.39, 0.29) is 17.6 Å². The third-order valence-electron chi connectivity index (χ3n) is 6.16. The molecule has 1 aromatic heterocycles. The lowest BCUT2D eigenvalue weighted by Crippen LogP contribution is -2.37. The Morgan fingerprint density at radius 2 is 1.50 bits per heavy atom. The van der Waals surface area contributed by atoms with E-state index in [0.29, 0.717) is 21.3 Å². The molecular weight excluding hydrogens is 514 g/mol. The van der Waals surface area contributed by atoms with Crippen molar-refractivity contribution in [2.45, 2.75) is 45.8 Å². The summed E-state index contributed by atoms with van der Waals surface area (Å²) in [5, 5.41) is 0.257. The lowest BCUT2D eigenvalue weighted by molar-refractivity contribution is 0.0601. The maximum Gasteiger partial charge on any atom is 0.339 e. The number of nitrogens with zero attached hydrogens (tertiary/aromatic N) is 1. The second-order valence-corrected chi connectivity index (χ2v) is 11.1. The van der Waals surface area contributed by atoms with Gasteiger partial charge in [0, 0.05) is 26.2 Å². The summed E-state index contributed by atoms with van der Waals surface area (Å²) in [6, 6.07) is 6.81. The van der Waals surface area contributed by atoms with Crippen LogP contribution in [0.3, 0.4) is 0 Å². The van der Waals surface area contributed by atoms with Crippen LogP contribution in [-0.2, 0) is 29.9 Å². The normalized spacial score (nSPS) is 12.9. The largest absolute Gasteiger partial charge is 0.465 e. The topological polar surface area (TPSA) is 160 Å². The summed E-state index contributed by atoms with van der Waals surface area (Å²) in [6.07, 6.45) is 0.666. The van der Waals surface area contributed by atoms with Gasteiger partial charge in [0.05, 0.1) is 35.8 Å². The Hall–Kier alpha value is -3.48. The number of fused-ring (bicyclic) bond motifs is 1. The first-order valence-corrected chi connectivity index (χ1v) is 13.7. The highest BCUT2D eigenvalue weighted by molar-refractivity contribution is 7.89. The van der Waals surface area contributed by atoms with E-state index in [2.05, 4.69) is 9.72 Å². The number of anilines is 1. The Morgan fingerprint density at radius 1 is 0.974 bits per heavy atom. The van der Waals surface area contributed by atoms with Crippen molar-refractivity contribution in [3.05, 3.63) is 72.9 Å². The average Bonchev–Trinajstić information content (AvgIpc) is 2.84. The molecule has 0 saturated carbocycles. The maximum atomic E-state index is 12.4. The molecule has 38 heavy (non-hydrogen) atoms. The molecule has 0 fully saturated rings. The van der Waals surface area contributed by atoms with Crippen molar-refractivity contribution in [1.82, 2.24) is 9.55 Å². The lowest BCUT2D eigenvalue weighted by atomic mass is 9.99. The van der Waals surface area contributed by atoms with Crippen LogP contribution >= 0.6 is 0 Å². The summed E-state index contributed by atoms with van der Waals surface area (Å²) in [5.41, 5.74) is 9.21. The number of aryl methyl sites for hydroxylation is 2. The van der Waals surface area contributed by atoms with Crippen LogP contribution in [0.15, 0.2) is 33.9 Å². The molecule has 2 aromatic carbocycles. The Morgan fingerprint density at radius 3 is 2.00 bits per heavy atom. The molecule has 1 heterocycles. The number of aromatic amines is 1. The summed E-state index contributed by atoms with van der Waals surface area (Å²) >= 11 is 0. The Balaban J connectivity index is 0.000000281. The van der Waals surface area contributed by atoms with Gasteiger partial charge in [0.2, 0.25) is 0 Å². The molecule has 2 atom stereocenters. The number of hydrogen-bond acceptors (Lipinski definition) is 9. The van der Waals surface area contributed by atoms with Crippen LogP contribution in [0.1, 0.15) is 58.7 Å². The predicted molar refractivity (Wildman–Crippen MR) is 146 cm³/mol. The van der Waals surface area contributed by atoms with Crippen molar-refractivity contribution in [2.75, 3.05) is 33.3 Å². The van der Waals surface area contributed by atoms with E-state index in [1.807, 2.05) is 27.7 Å². The van der Waals surface area contributed by atoms with Gasteiger partial charge in [-0.2, -0.15) is 0 Å². The fourth-order valence-electron chi connectivity index (χ4n) is 3.94. The summed E-state index contributed by atoms with van der Waals surface area (Å²) in [7, 11) is 1.00. The predicted octanol–water partition coefficient (Wildman–Crippen LogP) is 2.78. The van der Waals surface area contributed by atoms with Crippen LogP contribution in [0.4, 0.5) is 5.69 Å². The molecular formula is C26H35N3O8S.